The van der Waals surface area contributed by atoms with Crippen molar-refractivity contribution in [2.24, 2.45) is 0 Å². The molecule has 222 valence electrons. The Kier molecular flexibility index (Phi) is 9.72. The third kappa shape index (κ3) is 6.35. The molecule has 3 rings (SSSR count). The standard InChI is InChI=1S/C29H45N3O7Si/c1-9-37-23(33)18-31-21(3)29(26(31)35)16-13-17-32(29)25(34)24(20(2)39-40(7,8)28(4,5)6)30-27(36)38-19-22-14-11-10-12-15-22/h10-12,14-15,20-21,24H,9,13,16-19H2,1-8H3,(H,30,36)/t20-,21?,24+,29?/m1/s1. The molecule has 10 nitrogen and oxygen atoms in total. The Morgan fingerprint density at radius 2 is 1.80 bits per heavy atom. The van der Waals surface area contributed by atoms with E-state index in [2.05, 4.69) is 39.2 Å². The van der Waals surface area contributed by atoms with Gasteiger partial charge >= 0.3 is 12.1 Å². The summed E-state index contributed by atoms with van der Waals surface area (Å²) in [6.45, 7) is 16.3. The number of rotatable bonds is 10. The highest BCUT2D eigenvalue weighted by Gasteiger charge is 2.65. The number of amides is 3. The van der Waals surface area contributed by atoms with Gasteiger partial charge in [-0.15, -0.1) is 0 Å². The Morgan fingerprint density at radius 3 is 2.38 bits per heavy atom. The minimum atomic E-state index is -2.32. The molecule has 1 N–H and O–H groups in total. The fourth-order valence-electron chi connectivity index (χ4n) is 5.30. The van der Waals surface area contributed by atoms with Crippen LogP contribution in [-0.2, 0) is 34.9 Å². The number of alkyl carbamates (subject to hydrolysis) is 1. The number of β-lactam (4-membered cyclic amide) rings is 1. The molecule has 0 aliphatic carbocycles. The summed E-state index contributed by atoms with van der Waals surface area (Å²) in [6, 6.07) is 7.84. The topological polar surface area (TPSA) is 114 Å². The second-order valence-corrected chi connectivity index (χ2v) is 17.0. The number of hydrogen-bond donors (Lipinski definition) is 1. The minimum absolute atomic E-state index is 0.0526. The normalized spacial score (nSPS) is 22.5. The monoisotopic (exact) mass is 575 g/mol. The summed E-state index contributed by atoms with van der Waals surface area (Å²) in [6.07, 6.45) is -0.284. The van der Waals surface area contributed by atoms with Gasteiger partial charge in [0, 0.05) is 6.54 Å². The maximum Gasteiger partial charge on any atom is 0.408 e. The SMILES string of the molecule is CCOC(=O)CN1C(=O)C2(CCCN2C(=O)[C@@H](NC(=O)OCc2ccccc2)[C@@H](C)O[Si](C)(C)C(C)(C)C)C1C. The molecule has 40 heavy (non-hydrogen) atoms. The Bertz CT molecular complexity index is 1090. The third-order valence-electron chi connectivity index (χ3n) is 8.59. The van der Waals surface area contributed by atoms with Gasteiger partial charge in [0.1, 0.15) is 24.7 Å². The average molecular weight is 576 g/mol. The van der Waals surface area contributed by atoms with Crippen LogP contribution < -0.4 is 5.32 Å². The van der Waals surface area contributed by atoms with Crippen LogP contribution in [0.3, 0.4) is 0 Å². The summed E-state index contributed by atoms with van der Waals surface area (Å²) in [7, 11) is -2.32. The van der Waals surface area contributed by atoms with Gasteiger partial charge in [0.15, 0.2) is 8.32 Å². The first-order chi connectivity index (χ1) is 18.7. The van der Waals surface area contributed by atoms with Crippen molar-refractivity contribution in [3.05, 3.63) is 35.9 Å². The molecule has 4 atom stereocenters. The predicted molar refractivity (Wildman–Crippen MR) is 153 cm³/mol. The van der Waals surface area contributed by atoms with Crippen molar-refractivity contribution in [1.82, 2.24) is 15.1 Å². The predicted octanol–water partition coefficient (Wildman–Crippen LogP) is 3.85. The number of benzene rings is 1. The zero-order valence-electron chi connectivity index (χ0n) is 25.1. The van der Waals surface area contributed by atoms with Crippen LogP contribution in [0.2, 0.25) is 18.1 Å². The number of nitrogens with one attached hydrogen (secondary N) is 1. The number of carbonyl (C=O) groups is 4. The Balaban J connectivity index is 1.82. The molecule has 2 saturated heterocycles. The van der Waals surface area contributed by atoms with Crippen molar-refractivity contribution in [3.8, 4) is 0 Å². The van der Waals surface area contributed by atoms with Gasteiger partial charge in [-0.2, -0.15) is 0 Å². The van der Waals surface area contributed by atoms with Crippen molar-refractivity contribution >= 4 is 32.2 Å². The lowest BCUT2D eigenvalue weighted by Gasteiger charge is -2.56. The van der Waals surface area contributed by atoms with Gasteiger partial charge in [-0.3, -0.25) is 14.4 Å². The maximum atomic E-state index is 14.2. The molecule has 11 heteroatoms. The van der Waals surface area contributed by atoms with Crippen molar-refractivity contribution in [2.75, 3.05) is 19.7 Å². The van der Waals surface area contributed by atoms with Crippen molar-refractivity contribution in [1.29, 1.82) is 0 Å². The molecule has 2 aliphatic rings. The second kappa shape index (κ2) is 12.3. The molecule has 0 radical (unpaired) electrons. The molecular weight excluding hydrogens is 530 g/mol. The summed E-state index contributed by atoms with van der Waals surface area (Å²) >= 11 is 0. The first-order valence-corrected chi connectivity index (χ1v) is 17.0. The van der Waals surface area contributed by atoms with E-state index in [1.165, 1.54) is 4.90 Å². The highest BCUT2D eigenvalue weighted by atomic mass is 28.4. The van der Waals surface area contributed by atoms with E-state index in [-0.39, 0.29) is 36.7 Å². The van der Waals surface area contributed by atoms with E-state index in [1.54, 1.807) is 18.7 Å². The largest absolute Gasteiger partial charge is 0.465 e. The van der Waals surface area contributed by atoms with Crippen LogP contribution in [0.15, 0.2) is 30.3 Å². The lowest BCUT2D eigenvalue weighted by atomic mass is 9.77. The van der Waals surface area contributed by atoms with Crippen LogP contribution in [0.5, 0.6) is 0 Å². The fraction of sp³-hybridized carbons (Fsp3) is 0.655. The summed E-state index contributed by atoms with van der Waals surface area (Å²) in [5.74, 6) is -1.15. The molecule has 1 aromatic rings. The highest BCUT2D eigenvalue weighted by molar-refractivity contribution is 6.74. The molecule has 1 aromatic carbocycles. The molecule has 0 aromatic heterocycles. The summed E-state index contributed by atoms with van der Waals surface area (Å²) in [5, 5.41) is 2.64. The molecule has 0 saturated carbocycles. The first kappa shape index (κ1) is 31.6. The van der Waals surface area contributed by atoms with E-state index >= 15 is 0 Å². The Labute approximate surface area is 238 Å². The van der Waals surface area contributed by atoms with Crippen LogP contribution in [0.25, 0.3) is 0 Å². The molecule has 0 bridgehead atoms. The van der Waals surface area contributed by atoms with Crippen molar-refractivity contribution in [2.45, 2.75) is 103 Å². The fourth-order valence-corrected chi connectivity index (χ4v) is 6.72. The average Bonchev–Trinajstić information content (AvgIpc) is 3.36. The van der Waals surface area contributed by atoms with Crippen LogP contribution in [0.4, 0.5) is 4.79 Å². The molecule has 2 unspecified atom stereocenters. The number of ether oxygens (including phenoxy) is 2. The smallest absolute Gasteiger partial charge is 0.408 e. The van der Waals surface area contributed by atoms with E-state index in [0.29, 0.717) is 19.4 Å². The summed E-state index contributed by atoms with van der Waals surface area (Å²) < 4.78 is 17.0. The molecule has 1 spiro atoms. The quantitative estimate of drug-likeness (QED) is 0.256. The molecule has 2 heterocycles. The molecule has 2 aliphatic heterocycles. The number of carbonyl (C=O) groups excluding carboxylic acids is 4. The van der Waals surface area contributed by atoms with E-state index in [1.807, 2.05) is 37.3 Å². The van der Waals surface area contributed by atoms with Crippen molar-refractivity contribution in [3.63, 3.8) is 0 Å². The van der Waals surface area contributed by atoms with Gasteiger partial charge in [-0.1, -0.05) is 51.1 Å². The third-order valence-corrected chi connectivity index (χ3v) is 13.2. The van der Waals surface area contributed by atoms with Crippen LogP contribution in [-0.4, -0.2) is 85.4 Å². The van der Waals surface area contributed by atoms with Gasteiger partial charge in [0.25, 0.3) is 5.91 Å². The van der Waals surface area contributed by atoms with Gasteiger partial charge in [-0.25, -0.2) is 4.79 Å². The molecule has 3 amide bonds. The Morgan fingerprint density at radius 1 is 1.15 bits per heavy atom. The second-order valence-electron chi connectivity index (χ2n) is 12.2. The highest BCUT2D eigenvalue weighted by Crippen LogP contribution is 2.45. The van der Waals surface area contributed by atoms with E-state index in [9.17, 15) is 19.2 Å². The molecular formula is C29H45N3O7Si. The van der Waals surface area contributed by atoms with Gasteiger partial charge in [-0.05, 0) is 57.3 Å². The zero-order chi connectivity index (χ0) is 29.9. The first-order valence-electron chi connectivity index (χ1n) is 14.1. The van der Waals surface area contributed by atoms with Crippen LogP contribution in [0, 0.1) is 0 Å². The number of likely N-dealkylation sites (tertiary alicyclic amines) is 2. The van der Waals surface area contributed by atoms with Crippen molar-refractivity contribution < 1.29 is 33.1 Å². The van der Waals surface area contributed by atoms with E-state index in [4.69, 9.17) is 13.9 Å². The summed E-state index contributed by atoms with van der Waals surface area (Å²) in [5.41, 5.74) is -0.242. The lowest BCUT2D eigenvalue weighted by molar-refractivity contribution is -0.181. The van der Waals surface area contributed by atoms with E-state index in [0.717, 1.165) is 5.56 Å². The van der Waals surface area contributed by atoms with Crippen LogP contribution >= 0.6 is 0 Å². The number of esters is 1. The summed E-state index contributed by atoms with van der Waals surface area (Å²) in [4.78, 5) is 55.7. The lowest BCUT2D eigenvalue weighted by Crippen LogP contribution is -2.79. The van der Waals surface area contributed by atoms with Gasteiger partial charge in [0.05, 0.1) is 18.8 Å². The molecule has 2 fully saturated rings. The minimum Gasteiger partial charge on any atom is -0.465 e. The van der Waals surface area contributed by atoms with Crippen LogP contribution in [0.1, 0.15) is 59.9 Å². The Hall–Kier alpha value is -2.92. The maximum absolute atomic E-state index is 14.2. The number of hydrogen-bond acceptors (Lipinski definition) is 7. The van der Waals surface area contributed by atoms with Gasteiger partial charge < -0.3 is 29.0 Å². The number of nitrogens with zero attached hydrogens (tertiary/aromatic N) is 2. The zero-order valence-corrected chi connectivity index (χ0v) is 26.1. The van der Waals surface area contributed by atoms with Gasteiger partial charge in [0.2, 0.25) is 5.91 Å². The van der Waals surface area contributed by atoms with E-state index < -0.39 is 44.0 Å².